The second-order valence-electron chi connectivity index (χ2n) is 7.46. The maximum atomic E-state index is 14.9. The molecule has 4 aromatic rings. The number of anilines is 1. The molecule has 5 nitrogen and oxygen atoms in total. The van der Waals surface area contributed by atoms with Crippen LogP contribution in [-0.2, 0) is 4.79 Å². The number of amides is 1. The average molecular weight is 510 g/mol. The van der Waals surface area contributed by atoms with E-state index in [-0.39, 0.29) is 22.6 Å². The number of fused-ring (bicyclic) bond motifs is 1. The lowest BCUT2D eigenvalue weighted by Crippen LogP contribution is -2.31. The van der Waals surface area contributed by atoms with Gasteiger partial charge in [-0.15, -0.1) is 0 Å². The lowest BCUT2D eigenvalue weighted by Gasteiger charge is -2.27. The molecular weight excluding hydrogens is 496 g/mol. The number of halogens is 3. The number of rotatable bonds is 4. The molecule has 0 saturated heterocycles. The molecule has 0 aliphatic carbocycles. The second-order valence-corrected chi connectivity index (χ2v) is 8.38. The molecule has 1 aliphatic rings. The molecule has 5 rings (SSSR count). The number of hydrogen-bond acceptors (Lipinski definition) is 4. The summed E-state index contributed by atoms with van der Waals surface area (Å²) in [7, 11) is 0. The highest BCUT2D eigenvalue weighted by Gasteiger charge is 2.46. The molecule has 0 bridgehead atoms. The molecule has 1 amide bonds. The summed E-state index contributed by atoms with van der Waals surface area (Å²) in [5, 5.41) is 11.4. The molecule has 1 aliphatic heterocycles. The Morgan fingerprint density at radius 1 is 1.00 bits per heavy atom. The molecule has 0 saturated carbocycles. The molecule has 0 spiro atoms. The van der Waals surface area contributed by atoms with Crippen LogP contribution >= 0.6 is 15.9 Å². The molecule has 164 valence electrons. The van der Waals surface area contributed by atoms with Gasteiger partial charge in [0.15, 0.2) is 11.5 Å². The molecule has 2 heterocycles. The third kappa shape index (κ3) is 3.52. The Balaban J connectivity index is 1.67. The maximum absolute atomic E-state index is 14.9. The van der Waals surface area contributed by atoms with Crippen molar-refractivity contribution in [2.45, 2.75) is 6.04 Å². The van der Waals surface area contributed by atoms with Crippen molar-refractivity contribution in [3.8, 4) is 0 Å². The SMILES string of the molecule is O=C(C1=C(O)C(=O)N(c2ccc(F)cc2)C1c1ccccc1F)c1cc2cc(Br)ccc2o1. The van der Waals surface area contributed by atoms with E-state index in [1.165, 1.54) is 36.4 Å². The third-order valence-electron chi connectivity index (χ3n) is 5.46. The largest absolute Gasteiger partial charge is 0.503 e. The molecule has 0 fully saturated rings. The van der Waals surface area contributed by atoms with Crippen LogP contribution in [0.4, 0.5) is 14.5 Å². The van der Waals surface area contributed by atoms with E-state index in [0.29, 0.717) is 11.0 Å². The van der Waals surface area contributed by atoms with Gasteiger partial charge < -0.3 is 9.52 Å². The molecule has 1 N–H and O–H groups in total. The van der Waals surface area contributed by atoms with Gasteiger partial charge in [0.1, 0.15) is 17.2 Å². The summed E-state index contributed by atoms with van der Waals surface area (Å²) in [6, 6.07) is 15.9. The summed E-state index contributed by atoms with van der Waals surface area (Å²) >= 11 is 3.35. The van der Waals surface area contributed by atoms with Crippen LogP contribution < -0.4 is 4.90 Å². The first kappa shape index (κ1) is 21.1. The van der Waals surface area contributed by atoms with Gasteiger partial charge in [0.2, 0.25) is 5.78 Å². The molecule has 1 unspecified atom stereocenters. The number of furan rings is 1. The molecular formula is C25H14BrF2NO4. The van der Waals surface area contributed by atoms with Crippen LogP contribution in [-0.4, -0.2) is 16.8 Å². The summed E-state index contributed by atoms with van der Waals surface area (Å²) in [5.41, 5.74) is 0.301. The van der Waals surface area contributed by atoms with Crippen LogP contribution in [0, 0.1) is 11.6 Å². The van der Waals surface area contributed by atoms with Crippen LogP contribution in [0.15, 0.2) is 93.0 Å². The number of carbonyl (C=O) groups excluding carboxylic acids is 2. The van der Waals surface area contributed by atoms with E-state index in [2.05, 4.69) is 15.9 Å². The molecule has 3 aromatic carbocycles. The van der Waals surface area contributed by atoms with Gasteiger partial charge in [0.25, 0.3) is 5.91 Å². The fourth-order valence-electron chi connectivity index (χ4n) is 3.96. The van der Waals surface area contributed by atoms with Crippen molar-refractivity contribution in [1.82, 2.24) is 0 Å². The third-order valence-corrected chi connectivity index (χ3v) is 5.95. The number of aliphatic hydroxyl groups is 1. The van der Waals surface area contributed by atoms with Crippen molar-refractivity contribution in [2.75, 3.05) is 4.90 Å². The Kier molecular flexibility index (Phi) is 5.09. The molecule has 1 atom stereocenters. The van der Waals surface area contributed by atoms with Crippen molar-refractivity contribution >= 4 is 44.3 Å². The predicted octanol–water partition coefficient (Wildman–Crippen LogP) is 6.26. The van der Waals surface area contributed by atoms with Crippen molar-refractivity contribution < 1.29 is 27.9 Å². The summed E-state index contributed by atoms with van der Waals surface area (Å²) in [6.45, 7) is 0. The first-order chi connectivity index (χ1) is 15.8. The molecule has 33 heavy (non-hydrogen) atoms. The van der Waals surface area contributed by atoms with Crippen LogP contribution in [0.2, 0.25) is 0 Å². The van der Waals surface area contributed by atoms with E-state index in [1.807, 2.05) is 0 Å². The summed E-state index contributed by atoms with van der Waals surface area (Å²) < 4.78 is 34.8. The van der Waals surface area contributed by atoms with Crippen molar-refractivity contribution in [2.24, 2.45) is 0 Å². The number of nitrogens with zero attached hydrogens (tertiary/aromatic N) is 1. The smallest absolute Gasteiger partial charge is 0.294 e. The van der Waals surface area contributed by atoms with Crippen molar-refractivity contribution in [1.29, 1.82) is 0 Å². The standard InChI is InChI=1S/C25H14BrF2NO4/c26-14-5-10-19-13(11-14)12-20(33-19)23(30)21-22(17-3-1-2-4-18(17)28)29(25(32)24(21)31)16-8-6-15(27)7-9-16/h1-12,22,31H. The number of aliphatic hydroxyl groups excluding tert-OH is 1. The topological polar surface area (TPSA) is 70.8 Å². The number of ketones is 1. The zero-order valence-electron chi connectivity index (χ0n) is 16.8. The maximum Gasteiger partial charge on any atom is 0.294 e. The van der Waals surface area contributed by atoms with Crippen LogP contribution in [0.3, 0.4) is 0 Å². The van der Waals surface area contributed by atoms with E-state index in [0.717, 1.165) is 21.5 Å². The van der Waals surface area contributed by atoms with Gasteiger partial charge in [-0.1, -0.05) is 34.1 Å². The van der Waals surface area contributed by atoms with Gasteiger partial charge >= 0.3 is 0 Å². The number of hydrogen-bond donors (Lipinski definition) is 1. The predicted molar refractivity (Wildman–Crippen MR) is 121 cm³/mol. The second kappa shape index (κ2) is 7.97. The van der Waals surface area contributed by atoms with Crippen LogP contribution in [0.25, 0.3) is 11.0 Å². The first-order valence-corrected chi connectivity index (χ1v) is 10.6. The monoisotopic (exact) mass is 509 g/mol. The minimum absolute atomic E-state index is 0.00132. The summed E-state index contributed by atoms with van der Waals surface area (Å²) in [4.78, 5) is 27.6. The highest BCUT2D eigenvalue weighted by molar-refractivity contribution is 9.10. The minimum Gasteiger partial charge on any atom is -0.503 e. The normalized spacial score (nSPS) is 16.2. The number of carbonyl (C=O) groups is 2. The van der Waals surface area contributed by atoms with Crippen molar-refractivity contribution in [3.05, 3.63) is 112 Å². The Labute approximate surface area is 194 Å². The molecule has 8 heteroatoms. The van der Waals surface area contributed by atoms with Crippen LogP contribution in [0.1, 0.15) is 22.2 Å². The Hall–Kier alpha value is -3.78. The van der Waals surface area contributed by atoms with Gasteiger partial charge in [0, 0.05) is 21.1 Å². The first-order valence-electron chi connectivity index (χ1n) is 9.85. The quantitative estimate of drug-likeness (QED) is 0.329. The molecule has 1 aromatic heterocycles. The summed E-state index contributed by atoms with van der Waals surface area (Å²) in [6.07, 6.45) is 0. The lowest BCUT2D eigenvalue weighted by molar-refractivity contribution is -0.117. The highest BCUT2D eigenvalue weighted by Crippen LogP contribution is 2.43. The van der Waals surface area contributed by atoms with Gasteiger partial charge in [-0.25, -0.2) is 8.78 Å². The fourth-order valence-corrected chi connectivity index (χ4v) is 4.33. The van der Waals surface area contributed by atoms with E-state index in [9.17, 15) is 23.5 Å². The molecule has 0 radical (unpaired) electrons. The zero-order chi connectivity index (χ0) is 23.3. The Morgan fingerprint density at radius 3 is 2.45 bits per heavy atom. The minimum atomic E-state index is -1.28. The van der Waals surface area contributed by atoms with Crippen LogP contribution in [0.5, 0.6) is 0 Å². The van der Waals surface area contributed by atoms with Gasteiger partial charge in [-0.3, -0.25) is 14.5 Å². The number of benzene rings is 3. The van der Waals surface area contributed by atoms with Crippen molar-refractivity contribution in [3.63, 3.8) is 0 Å². The van der Waals surface area contributed by atoms with Gasteiger partial charge in [-0.2, -0.15) is 0 Å². The summed E-state index contributed by atoms with van der Waals surface area (Å²) in [5.74, 6) is -3.80. The fraction of sp³-hybridized carbons (Fsp3) is 0.0400. The lowest BCUT2D eigenvalue weighted by atomic mass is 9.94. The van der Waals surface area contributed by atoms with E-state index in [1.54, 1.807) is 24.3 Å². The average Bonchev–Trinajstić information content (AvgIpc) is 3.33. The van der Waals surface area contributed by atoms with E-state index < -0.39 is 35.1 Å². The highest BCUT2D eigenvalue weighted by atomic mass is 79.9. The zero-order valence-corrected chi connectivity index (χ0v) is 18.3. The van der Waals surface area contributed by atoms with Gasteiger partial charge in [0.05, 0.1) is 11.6 Å². The Bertz CT molecular complexity index is 1460. The van der Waals surface area contributed by atoms with E-state index in [4.69, 9.17) is 4.42 Å². The number of Topliss-reactive ketones (excluding diaryl/α,β-unsaturated/α-hetero) is 1. The van der Waals surface area contributed by atoms with Gasteiger partial charge in [-0.05, 0) is 54.6 Å². The Morgan fingerprint density at radius 2 is 1.73 bits per heavy atom. The van der Waals surface area contributed by atoms with E-state index >= 15 is 0 Å².